The highest BCUT2D eigenvalue weighted by Crippen LogP contribution is 2.25. The van der Waals surface area contributed by atoms with Crippen LogP contribution in [0.5, 0.6) is 0 Å². The van der Waals surface area contributed by atoms with Gasteiger partial charge in [-0.05, 0) is 88.6 Å². The largest absolute Gasteiger partial charge is 0.444 e. The van der Waals surface area contributed by atoms with Gasteiger partial charge < -0.3 is 19.4 Å². The predicted molar refractivity (Wildman–Crippen MR) is 137 cm³/mol. The minimum atomic E-state index is -0.477. The van der Waals surface area contributed by atoms with Crippen molar-refractivity contribution < 1.29 is 9.53 Å². The molecule has 0 bridgehead atoms. The van der Waals surface area contributed by atoms with E-state index in [9.17, 15) is 4.79 Å². The Labute approximate surface area is 203 Å². The molecule has 1 saturated heterocycles. The number of likely N-dealkylation sites (N-methyl/N-ethyl adjacent to an activating group) is 1. The fourth-order valence-electron chi connectivity index (χ4n) is 3.79. The zero-order valence-corrected chi connectivity index (χ0v) is 22.7. The Morgan fingerprint density at radius 1 is 1.31 bits per heavy atom. The second-order valence-electron chi connectivity index (χ2n) is 9.96. The molecular weight excluding hydrogens is 468 g/mol. The Balaban J connectivity index is 2.29. The highest BCUT2D eigenvalue weighted by Gasteiger charge is 2.28. The summed E-state index contributed by atoms with van der Waals surface area (Å²) < 4.78 is 6.44. The molecule has 180 valence electrons. The average Bonchev–Trinajstić information content (AvgIpc) is 2.69. The van der Waals surface area contributed by atoms with Crippen LogP contribution >= 0.6 is 15.9 Å². The normalized spacial score (nSPS) is 23.6. The number of carbonyl (C=O) groups is 1. The Hall–Kier alpha value is -1.60. The monoisotopic (exact) mass is 508 g/mol. The summed E-state index contributed by atoms with van der Waals surface area (Å²) in [7, 11) is 4.22. The van der Waals surface area contributed by atoms with E-state index in [1.165, 1.54) is 5.57 Å². The molecule has 0 aromatic rings. The lowest BCUT2D eigenvalue weighted by Gasteiger charge is -2.38. The summed E-state index contributed by atoms with van der Waals surface area (Å²) >= 11 is 3.66. The number of aliphatic imine (C=N–C) groups is 1. The molecule has 2 aliphatic heterocycles. The summed E-state index contributed by atoms with van der Waals surface area (Å²) in [6, 6.07) is 0.333. The molecule has 2 unspecified atom stereocenters. The highest BCUT2D eigenvalue weighted by atomic mass is 79.9. The van der Waals surface area contributed by atoms with Crippen molar-refractivity contribution in [3.05, 3.63) is 34.1 Å². The van der Waals surface area contributed by atoms with E-state index in [4.69, 9.17) is 9.73 Å². The molecule has 0 spiro atoms. The molecule has 2 heterocycles. The molecule has 2 aliphatic rings. The minimum Gasteiger partial charge on any atom is -0.444 e. The van der Waals surface area contributed by atoms with Crippen molar-refractivity contribution in [1.82, 2.24) is 14.7 Å². The van der Waals surface area contributed by atoms with Gasteiger partial charge in [0, 0.05) is 32.2 Å². The zero-order chi connectivity index (χ0) is 24.1. The van der Waals surface area contributed by atoms with E-state index < -0.39 is 5.60 Å². The molecule has 0 aliphatic carbocycles. The number of halogens is 1. The van der Waals surface area contributed by atoms with Crippen LogP contribution < -0.4 is 0 Å². The summed E-state index contributed by atoms with van der Waals surface area (Å²) in [5.74, 6) is 0.406. The number of allylic oxidation sites excluding steroid dienone is 3. The number of piperazine rings is 1. The predicted octanol–water partition coefficient (Wildman–Crippen LogP) is 5.43. The summed E-state index contributed by atoms with van der Waals surface area (Å²) in [5, 5.41) is 0. The molecular formula is C25H41BrN4O2. The minimum absolute atomic E-state index is 0.232. The van der Waals surface area contributed by atoms with Crippen LogP contribution in [0.25, 0.3) is 0 Å². The van der Waals surface area contributed by atoms with E-state index in [2.05, 4.69) is 78.8 Å². The van der Waals surface area contributed by atoms with Crippen molar-refractivity contribution in [2.75, 3.05) is 40.3 Å². The number of carbonyl (C=O) groups excluding carboxylic acids is 1. The third-order valence-corrected chi connectivity index (χ3v) is 6.35. The highest BCUT2D eigenvalue weighted by molar-refractivity contribution is 9.11. The van der Waals surface area contributed by atoms with Crippen LogP contribution in [0.2, 0.25) is 0 Å². The zero-order valence-electron chi connectivity index (χ0n) is 21.1. The lowest BCUT2D eigenvalue weighted by Crippen LogP contribution is -2.50. The standard InChI is InChI=1S/C25H41BrN4O2/c1-9-20(19(3)28(7)8)17-21-22(11-10-18(2)16-23(26)27-21)29-12-14-30(15-13-29)24(31)32-25(4,5)6/h11,16-19H,9-10,12-15H2,1-8H3/b20-17?,22-11-,23-16?,27-21?. The molecule has 0 saturated carbocycles. The Bertz CT molecular complexity index is 784. The molecule has 1 fully saturated rings. The molecule has 0 radical (unpaired) electrons. The van der Waals surface area contributed by atoms with Gasteiger partial charge in [0.15, 0.2) is 0 Å². The lowest BCUT2D eigenvalue weighted by atomic mass is 9.99. The molecule has 0 N–H and O–H groups in total. The number of rotatable bonds is 5. The van der Waals surface area contributed by atoms with Crippen LogP contribution in [-0.4, -0.2) is 78.4 Å². The topological polar surface area (TPSA) is 48.4 Å². The number of amides is 1. The average molecular weight is 510 g/mol. The maximum atomic E-state index is 12.5. The van der Waals surface area contributed by atoms with Crippen LogP contribution in [0.4, 0.5) is 4.79 Å². The molecule has 7 heteroatoms. The van der Waals surface area contributed by atoms with Gasteiger partial charge in [-0.1, -0.05) is 25.5 Å². The third kappa shape index (κ3) is 7.77. The Kier molecular flexibility index (Phi) is 9.58. The quantitative estimate of drug-likeness (QED) is 0.464. The molecule has 6 nitrogen and oxygen atoms in total. The van der Waals surface area contributed by atoms with Crippen molar-refractivity contribution in [3.8, 4) is 0 Å². The van der Waals surface area contributed by atoms with Gasteiger partial charge in [0.2, 0.25) is 0 Å². The maximum Gasteiger partial charge on any atom is 0.410 e. The van der Waals surface area contributed by atoms with E-state index >= 15 is 0 Å². The van der Waals surface area contributed by atoms with E-state index in [1.54, 1.807) is 0 Å². The Morgan fingerprint density at radius 3 is 2.47 bits per heavy atom. The van der Waals surface area contributed by atoms with Crippen molar-refractivity contribution in [2.24, 2.45) is 10.9 Å². The van der Waals surface area contributed by atoms with Crippen LogP contribution in [0, 0.1) is 5.92 Å². The van der Waals surface area contributed by atoms with Gasteiger partial charge in [-0.3, -0.25) is 0 Å². The van der Waals surface area contributed by atoms with Gasteiger partial charge in [-0.25, -0.2) is 9.79 Å². The SMILES string of the molecule is CCC(=CC1=NC(Br)=CC(C)C/C=C/1N1CCN(C(=O)OC(C)(C)C)CC1)C(C)N(C)C. The van der Waals surface area contributed by atoms with Crippen LogP contribution in [0.1, 0.15) is 54.4 Å². The van der Waals surface area contributed by atoms with Gasteiger partial charge in [-0.15, -0.1) is 0 Å². The fourth-order valence-corrected chi connectivity index (χ4v) is 4.44. The van der Waals surface area contributed by atoms with Crippen molar-refractivity contribution in [2.45, 2.75) is 66.0 Å². The number of hydrogen-bond acceptors (Lipinski definition) is 5. The smallest absolute Gasteiger partial charge is 0.410 e. The first-order chi connectivity index (χ1) is 14.9. The summed E-state index contributed by atoms with van der Waals surface area (Å²) in [6.45, 7) is 15.2. The van der Waals surface area contributed by atoms with E-state index in [-0.39, 0.29) is 6.09 Å². The molecule has 0 aromatic heterocycles. The van der Waals surface area contributed by atoms with Gasteiger partial charge in [0.1, 0.15) is 10.2 Å². The second-order valence-corrected chi connectivity index (χ2v) is 10.8. The first-order valence-electron chi connectivity index (χ1n) is 11.7. The van der Waals surface area contributed by atoms with E-state index in [0.29, 0.717) is 25.0 Å². The third-order valence-electron chi connectivity index (χ3n) is 5.91. The molecule has 2 atom stereocenters. The summed E-state index contributed by atoms with van der Waals surface area (Å²) in [5.41, 5.74) is 3.01. The van der Waals surface area contributed by atoms with Crippen molar-refractivity contribution >= 4 is 27.7 Å². The number of ether oxygens (including phenoxy) is 1. The fraction of sp³-hybridized carbons (Fsp3) is 0.680. The van der Waals surface area contributed by atoms with Crippen LogP contribution in [0.15, 0.2) is 39.1 Å². The maximum absolute atomic E-state index is 12.5. The summed E-state index contributed by atoms with van der Waals surface area (Å²) in [4.78, 5) is 23.9. The van der Waals surface area contributed by atoms with Crippen molar-refractivity contribution in [3.63, 3.8) is 0 Å². The van der Waals surface area contributed by atoms with Gasteiger partial charge in [-0.2, -0.15) is 0 Å². The van der Waals surface area contributed by atoms with E-state index in [1.807, 2.05) is 25.7 Å². The van der Waals surface area contributed by atoms with E-state index in [0.717, 1.165) is 41.9 Å². The molecule has 2 rings (SSSR count). The molecule has 32 heavy (non-hydrogen) atoms. The molecule has 1 amide bonds. The first kappa shape index (κ1) is 26.7. The van der Waals surface area contributed by atoms with Gasteiger partial charge in [0.05, 0.1) is 11.4 Å². The van der Waals surface area contributed by atoms with Gasteiger partial charge in [0.25, 0.3) is 0 Å². The molecule has 0 aromatic carbocycles. The van der Waals surface area contributed by atoms with Crippen LogP contribution in [-0.2, 0) is 4.74 Å². The Morgan fingerprint density at radius 2 is 1.94 bits per heavy atom. The lowest BCUT2D eigenvalue weighted by molar-refractivity contribution is 0.0172. The number of nitrogens with zero attached hydrogens (tertiary/aromatic N) is 4. The van der Waals surface area contributed by atoms with Crippen LogP contribution in [0.3, 0.4) is 0 Å². The van der Waals surface area contributed by atoms with Crippen molar-refractivity contribution in [1.29, 1.82) is 0 Å². The van der Waals surface area contributed by atoms with Gasteiger partial charge >= 0.3 is 6.09 Å². The number of hydrogen-bond donors (Lipinski definition) is 0. The first-order valence-corrected chi connectivity index (χ1v) is 12.5. The summed E-state index contributed by atoms with van der Waals surface area (Å²) in [6.07, 6.45) is 8.42. The second kappa shape index (κ2) is 11.5.